The smallest absolute Gasteiger partial charge is 0.338 e. The van der Waals surface area contributed by atoms with E-state index in [1.807, 2.05) is 69.3 Å². The minimum Gasteiger partial charge on any atom is -0.462 e. The summed E-state index contributed by atoms with van der Waals surface area (Å²) in [5.41, 5.74) is 6.13. The lowest BCUT2D eigenvalue weighted by molar-refractivity contribution is 0.0505. The van der Waals surface area contributed by atoms with Gasteiger partial charge >= 0.3 is 5.97 Å². The Labute approximate surface area is 193 Å². The Hall–Kier alpha value is -3.99. The number of hydrogen-bond acceptors (Lipinski definition) is 4. The Balaban J connectivity index is 1.68. The van der Waals surface area contributed by atoms with E-state index >= 15 is 0 Å². The second-order valence-corrected chi connectivity index (χ2v) is 8.01. The van der Waals surface area contributed by atoms with Crippen molar-refractivity contribution in [3.05, 3.63) is 95.1 Å². The minimum absolute atomic E-state index is 0.222. The Morgan fingerprint density at radius 1 is 0.909 bits per heavy atom. The van der Waals surface area contributed by atoms with Crippen LogP contribution in [0.5, 0.6) is 0 Å². The molecule has 3 aromatic carbocycles. The zero-order chi connectivity index (χ0) is 23.4. The van der Waals surface area contributed by atoms with Gasteiger partial charge in [0.2, 0.25) is 0 Å². The number of ether oxygens (including phenoxy) is 1. The van der Waals surface area contributed by atoms with Crippen molar-refractivity contribution in [2.45, 2.75) is 27.2 Å². The maximum absolute atomic E-state index is 13.4. The van der Waals surface area contributed by atoms with E-state index in [1.54, 1.807) is 24.3 Å². The van der Waals surface area contributed by atoms with E-state index in [1.165, 1.54) is 0 Å². The lowest BCUT2D eigenvalue weighted by Gasteiger charge is -2.15. The standard InChI is InChI=1S/C28H26N2O3/c1-4-17-33-28(32)21-13-15-22(16-14-21)29-27(31)25-19(3)26(20-11-9-18(2)10-12-20)30-24-8-6-5-7-23(24)25/h5-16H,4,17H2,1-3H3,(H,29,31). The third-order valence-corrected chi connectivity index (χ3v) is 5.50. The largest absolute Gasteiger partial charge is 0.462 e. The summed E-state index contributed by atoms with van der Waals surface area (Å²) in [6, 6.07) is 22.5. The molecule has 0 radical (unpaired) electrons. The number of fused-ring (bicyclic) bond motifs is 1. The summed E-state index contributed by atoms with van der Waals surface area (Å²) in [5.74, 6) is -0.589. The lowest BCUT2D eigenvalue weighted by atomic mass is 9.96. The minimum atomic E-state index is -0.367. The first-order valence-electron chi connectivity index (χ1n) is 11.0. The Morgan fingerprint density at radius 3 is 2.30 bits per heavy atom. The van der Waals surface area contributed by atoms with Crippen LogP contribution in [-0.4, -0.2) is 23.5 Å². The van der Waals surface area contributed by atoms with Crippen LogP contribution in [0.25, 0.3) is 22.2 Å². The highest BCUT2D eigenvalue weighted by molar-refractivity contribution is 6.14. The van der Waals surface area contributed by atoms with Gasteiger partial charge in [0.05, 0.1) is 28.9 Å². The SMILES string of the molecule is CCCOC(=O)c1ccc(NC(=O)c2c(C)c(-c3ccc(C)cc3)nc3ccccc23)cc1. The molecule has 5 nitrogen and oxygen atoms in total. The molecule has 0 unspecified atom stereocenters. The summed E-state index contributed by atoms with van der Waals surface area (Å²) in [7, 11) is 0. The summed E-state index contributed by atoms with van der Waals surface area (Å²) < 4.78 is 5.16. The molecule has 1 heterocycles. The van der Waals surface area contributed by atoms with E-state index < -0.39 is 0 Å². The van der Waals surface area contributed by atoms with Crippen molar-refractivity contribution in [2.75, 3.05) is 11.9 Å². The van der Waals surface area contributed by atoms with Gasteiger partial charge in [-0.15, -0.1) is 0 Å². The molecule has 1 aromatic heterocycles. The molecule has 33 heavy (non-hydrogen) atoms. The molecule has 0 bridgehead atoms. The van der Waals surface area contributed by atoms with Crippen molar-refractivity contribution in [1.82, 2.24) is 4.98 Å². The van der Waals surface area contributed by atoms with Crippen LogP contribution < -0.4 is 5.32 Å². The quantitative estimate of drug-likeness (QED) is 0.357. The molecule has 0 saturated heterocycles. The molecular weight excluding hydrogens is 412 g/mol. The number of amides is 1. The normalized spacial score (nSPS) is 10.8. The number of para-hydroxylation sites is 1. The number of nitrogens with one attached hydrogen (secondary N) is 1. The maximum atomic E-state index is 13.4. The van der Waals surface area contributed by atoms with E-state index in [0.717, 1.165) is 39.7 Å². The summed E-state index contributed by atoms with van der Waals surface area (Å²) in [6.45, 7) is 6.30. The number of carbonyl (C=O) groups is 2. The van der Waals surface area contributed by atoms with Crippen molar-refractivity contribution in [1.29, 1.82) is 0 Å². The summed E-state index contributed by atoms with van der Waals surface area (Å²) in [4.78, 5) is 30.3. The number of hydrogen-bond donors (Lipinski definition) is 1. The lowest BCUT2D eigenvalue weighted by Crippen LogP contribution is -2.15. The van der Waals surface area contributed by atoms with Gasteiger partial charge in [0, 0.05) is 16.6 Å². The number of esters is 1. The molecule has 0 aliphatic heterocycles. The predicted octanol–water partition coefficient (Wildman–Crippen LogP) is 6.34. The van der Waals surface area contributed by atoms with Crippen LogP contribution in [0.1, 0.15) is 45.2 Å². The molecule has 0 aliphatic carbocycles. The van der Waals surface area contributed by atoms with Crippen molar-refractivity contribution < 1.29 is 14.3 Å². The molecule has 0 atom stereocenters. The number of aryl methyl sites for hydroxylation is 1. The summed E-state index contributed by atoms with van der Waals surface area (Å²) >= 11 is 0. The highest BCUT2D eigenvalue weighted by Gasteiger charge is 2.19. The number of carbonyl (C=O) groups excluding carboxylic acids is 2. The average molecular weight is 439 g/mol. The average Bonchev–Trinajstić information content (AvgIpc) is 2.83. The van der Waals surface area contributed by atoms with Crippen molar-refractivity contribution >= 4 is 28.5 Å². The van der Waals surface area contributed by atoms with Gasteiger partial charge in [-0.3, -0.25) is 4.79 Å². The summed E-state index contributed by atoms with van der Waals surface area (Å²) in [6.07, 6.45) is 0.768. The molecule has 4 aromatic rings. The number of rotatable bonds is 6. The first-order chi connectivity index (χ1) is 16.0. The fourth-order valence-corrected chi connectivity index (χ4v) is 3.75. The fourth-order valence-electron chi connectivity index (χ4n) is 3.75. The maximum Gasteiger partial charge on any atom is 0.338 e. The fraction of sp³-hybridized carbons (Fsp3) is 0.179. The monoisotopic (exact) mass is 438 g/mol. The van der Waals surface area contributed by atoms with Crippen LogP contribution in [0.15, 0.2) is 72.8 Å². The molecule has 0 fully saturated rings. The molecule has 4 rings (SSSR count). The molecular formula is C28H26N2O3. The molecule has 0 aliphatic rings. The third-order valence-electron chi connectivity index (χ3n) is 5.50. The number of nitrogens with zero attached hydrogens (tertiary/aromatic N) is 1. The van der Waals surface area contributed by atoms with Crippen LogP contribution in [-0.2, 0) is 4.74 Å². The third kappa shape index (κ3) is 4.77. The molecule has 0 spiro atoms. The molecule has 5 heteroatoms. The van der Waals surface area contributed by atoms with Gasteiger partial charge in [0.1, 0.15) is 0 Å². The highest BCUT2D eigenvalue weighted by Crippen LogP contribution is 2.30. The number of benzene rings is 3. The number of anilines is 1. The van der Waals surface area contributed by atoms with Crippen LogP contribution in [0.4, 0.5) is 5.69 Å². The van der Waals surface area contributed by atoms with E-state index in [2.05, 4.69) is 5.32 Å². The van der Waals surface area contributed by atoms with Crippen molar-refractivity contribution in [2.24, 2.45) is 0 Å². The van der Waals surface area contributed by atoms with E-state index in [0.29, 0.717) is 23.4 Å². The Morgan fingerprint density at radius 2 is 1.61 bits per heavy atom. The van der Waals surface area contributed by atoms with Gasteiger partial charge in [-0.1, -0.05) is 55.0 Å². The van der Waals surface area contributed by atoms with E-state index in [4.69, 9.17) is 9.72 Å². The zero-order valence-corrected chi connectivity index (χ0v) is 19.0. The topological polar surface area (TPSA) is 68.3 Å². The molecule has 1 amide bonds. The first kappa shape index (κ1) is 22.2. The summed E-state index contributed by atoms with van der Waals surface area (Å²) in [5, 5.41) is 3.76. The second-order valence-electron chi connectivity index (χ2n) is 8.01. The Kier molecular flexibility index (Phi) is 6.50. The molecule has 1 N–H and O–H groups in total. The molecule has 0 saturated carbocycles. The first-order valence-corrected chi connectivity index (χ1v) is 11.0. The van der Waals surface area contributed by atoms with Crippen LogP contribution in [0, 0.1) is 13.8 Å². The van der Waals surface area contributed by atoms with Crippen molar-refractivity contribution in [3.63, 3.8) is 0 Å². The van der Waals surface area contributed by atoms with E-state index in [-0.39, 0.29) is 11.9 Å². The van der Waals surface area contributed by atoms with E-state index in [9.17, 15) is 9.59 Å². The Bertz CT molecular complexity index is 1310. The van der Waals surface area contributed by atoms with Gasteiger partial charge in [-0.25, -0.2) is 9.78 Å². The number of aromatic nitrogens is 1. The highest BCUT2D eigenvalue weighted by atomic mass is 16.5. The molecule has 166 valence electrons. The van der Waals surface area contributed by atoms with Gasteiger partial charge in [0.25, 0.3) is 5.91 Å². The number of pyridine rings is 1. The predicted molar refractivity (Wildman–Crippen MR) is 132 cm³/mol. The van der Waals surface area contributed by atoms with Crippen LogP contribution in [0.3, 0.4) is 0 Å². The van der Waals surface area contributed by atoms with Crippen LogP contribution in [0.2, 0.25) is 0 Å². The van der Waals surface area contributed by atoms with Crippen molar-refractivity contribution in [3.8, 4) is 11.3 Å². The zero-order valence-electron chi connectivity index (χ0n) is 19.0. The van der Waals surface area contributed by atoms with Crippen LogP contribution >= 0.6 is 0 Å². The van der Waals surface area contributed by atoms with Gasteiger partial charge in [-0.05, 0) is 56.2 Å². The van der Waals surface area contributed by atoms with Gasteiger partial charge in [0.15, 0.2) is 0 Å². The van der Waals surface area contributed by atoms with Gasteiger partial charge < -0.3 is 10.1 Å². The van der Waals surface area contributed by atoms with Gasteiger partial charge in [-0.2, -0.15) is 0 Å². The second kappa shape index (κ2) is 9.65.